The highest BCUT2D eigenvalue weighted by Crippen LogP contribution is 2.23. The smallest absolute Gasteiger partial charge is 0.229 e. The first-order valence-electron chi connectivity index (χ1n) is 6.12. The van der Waals surface area contributed by atoms with Crippen molar-refractivity contribution in [1.82, 2.24) is 10.3 Å². The van der Waals surface area contributed by atoms with Crippen molar-refractivity contribution in [2.75, 3.05) is 6.54 Å². The molecule has 0 fully saturated rings. The molecule has 0 saturated carbocycles. The minimum atomic E-state index is -0.310. The third kappa shape index (κ3) is 2.96. The van der Waals surface area contributed by atoms with Crippen LogP contribution in [0.1, 0.15) is 24.6 Å². The molecular weight excluding hydrogens is 231 g/mol. The SMILES string of the molecule is CCCNCc1coc(-c2cc(C)ccc2F)n1. The van der Waals surface area contributed by atoms with Gasteiger partial charge in [-0.1, -0.05) is 18.6 Å². The van der Waals surface area contributed by atoms with Crippen LogP contribution in [0.25, 0.3) is 11.5 Å². The van der Waals surface area contributed by atoms with E-state index in [1.54, 1.807) is 18.4 Å². The highest BCUT2D eigenvalue weighted by atomic mass is 19.1. The predicted molar refractivity (Wildman–Crippen MR) is 68.6 cm³/mol. The number of aryl methyl sites for hydroxylation is 1. The van der Waals surface area contributed by atoms with Crippen LogP contribution in [0.5, 0.6) is 0 Å². The summed E-state index contributed by atoms with van der Waals surface area (Å²) in [5.74, 6) is 0.0278. The van der Waals surface area contributed by atoms with E-state index in [1.807, 2.05) is 6.92 Å². The maximum absolute atomic E-state index is 13.7. The van der Waals surface area contributed by atoms with Crippen LogP contribution in [0.2, 0.25) is 0 Å². The predicted octanol–water partition coefficient (Wildman–Crippen LogP) is 3.29. The third-order valence-electron chi connectivity index (χ3n) is 2.64. The standard InChI is InChI=1S/C14H17FN2O/c1-3-6-16-8-11-9-18-14(17-11)12-7-10(2)4-5-13(12)15/h4-5,7,9,16H,3,6,8H2,1-2H3. The zero-order valence-electron chi connectivity index (χ0n) is 10.7. The molecule has 0 saturated heterocycles. The summed E-state index contributed by atoms with van der Waals surface area (Å²) in [7, 11) is 0. The van der Waals surface area contributed by atoms with Crippen molar-refractivity contribution in [3.63, 3.8) is 0 Å². The first-order valence-corrected chi connectivity index (χ1v) is 6.12. The molecule has 0 bridgehead atoms. The average molecular weight is 248 g/mol. The van der Waals surface area contributed by atoms with Crippen molar-refractivity contribution >= 4 is 0 Å². The number of hydrogen-bond acceptors (Lipinski definition) is 3. The zero-order valence-corrected chi connectivity index (χ0v) is 10.7. The number of oxazole rings is 1. The minimum absolute atomic E-state index is 0.310. The summed E-state index contributed by atoms with van der Waals surface area (Å²) in [5.41, 5.74) is 2.19. The van der Waals surface area contributed by atoms with Crippen LogP contribution in [0, 0.1) is 12.7 Å². The minimum Gasteiger partial charge on any atom is -0.444 e. The number of aromatic nitrogens is 1. The first kappa shape index (κ1) is 12.8. The number of benzene rings is 1. The van der Waals surface area contributed by atoms with Crippen molar-refractivity contribution in [2.45, 2.75) is 26.8 Å². The normalized spacial score (nSPS) is 10.8. The van der Waals surface area contributed by atoms with Crippen LogP contribution in [-0.4, -0.2) is 11.5 Å². The van der Waals surface area contributed by atoms with E-state index >= 15 is 0 Å². The summed E-state index contributed by atoms with van der Waals surface area (Å²) in [6, 6.07) is 4.90. The number of nitrogens with zero attached hydrogens (tertiary/aromatic N) is 1. The van der Waals surface area contributed by atoms with Crippen molar-refractivity contribution in [1.29, 1.82) is 0 Å². The summed E-state index contributed by atoms with van der Waals surface area (Å²) in [6.45, 7) is 5.59. The van der Waals surface area contributed by atoms with Crippen LogP contribution < -0.4 is 5.32 Å². The lowest BCUT2D eigenvalue weighted by Gasteiger charge is -2.00. The second kappa shape index (κ2) is 5.78. The largest absolute Gasteiger partial charge is 0.444 e. The van der Waals surface area contributed by atoms with E-state index in [9.17, 15) is 4.39 Å². The van der Waals surface area contributed by atoms with E-state index in [-0.39, 0.29) is 5.82 Å². The second-order valence-corrected chi connectivity index (χ2v) is 4.30. The zero-order chi connectivity index (χ0) is 13.0. The van der Waals surface area contributed by atoms with Crippen LogP contribution in [0.4, 0.5) is 4.39 Å². The van der Waals surface area contributed by atoms with Gasteiger partial charge in [0.2, 0.25) is 5.89 Å². The van der Waals surface area contributed by atoms with Gasteiger partial charge in [-0.05, 0) is 32.0 Å². The number of nitrogens with one attached hydrogen (secondary N) is 1. The molecule has 4 heteroatoms. The number of rotatable bonds is 5. The highest BCUT2D eigenvalue weighted by molar-refractivity contribution is 5.55. The van der Waals surface area contributed by atoms with Gasteiger partial charge in [0.1, 0.15) is 12.1 Å². The van der Waals surface area contributed by atoms with E-state index in [0.717, 1.165) is 24.2 Å². The Hall–Kier alpha value is -1.68. The quantitative estimate of drug-likeness (QED) is 0.825. The highest BCUT2D eigenvalue weighted by Gasteiger charge is 2.11. The van der Waals surface area contributed by atoms with Crippen molar-refractivity contribution in [3.8, 4) is 11.5 Å². The molecule has 0 spiro atoms. The van der Waals surface area contributed by atoms with Crippen LogP contribution >= 0.6 is 0 Å². The van der Waals surface area contributed by atoms with Gasteiger partial charge in [-0.15, -0.1) is 0 Å². The van der Waals surface area contributed by atoms with Gasteiger partial charge < -0.3 is 9.73 Å². The number of halogens is 1. The van der Waals surface area contributed by atoms with Gasteiger partial charge in [0.05, 0.1) is 11.3 Å². The molecule has 0 unspecified atom stereocenters. The van der Waals surface area contributed by atoms with E-state index in [4.69, 9.17) is 4.42 Å². The lowest BCUT2D eigenvalue weighted by molar-refractivity contribution is 0.558. The van der Waals surface area contributed by atoms with E-state index in [0.29, 0.717) is 18.0 Å². The molecule has 1 heterocycles. The molecule has 0 aliphatic carbocycles. The van der Waals surface area contributed by atoms with E-state index in [1.165, 1.54) is 6.07 Å². The van der Waals surface area contributed by atoms with Crippen LogP contribution in [-0.2, 0) is 6.54 Å². The third-order valence-corrected chi connectivity index (χ3v) is 2.64. The Labute approximate surface area is 106 Å². The summed E-state index contributed by atoms with van der Waals surface area (Å²) >= 11 is 0. The fourth-order valence-electron chi connectivity index (χ4n) is 1.71. The summed E-state index contributed by atoms with van der Waals surface area (Å²) in [5, 5.41) is 3.23. The lowest BCUT2D eigenvalue weighted by Crippen LogP contribution is -2.13. The van der Waals surface area contributed by atoms with Crippen LogP contribution in [0.15, 0.2) is 28.9 Å². The summed E-state index contributed by atoms with van der Waals surface area (Å²) < 4.78 is 19.0. The first-order chi connectivity index (χ1) is 8.70. The molecule has 96 valence electrons. The summed E-state index contributed by atoms with van der Waals surface area (Å²) in [6.07, 6.45) is 2.64. The Bertz CT molecular complexity index is 522. The fourth-order valence-corrected chi connectivity index (χ4v) is 1.71. The molecule has 1 aromatic carbocycles. The molecule has 2 rings (SSSR count). The van der Waals surface area contributed by atoms with Crippen molar-refractivity contribution in [3.05, 3.63) is 41.5 Å². The maximum Gasteiger partial charge on any atom is 0.229 e. The fraction of sp³-hybridized carbons (Fsp3) is 0.357. The van der Waals surface area contributed by atoms with Gasteiger partial charge in [0, 0.05) is 6.54 Å². The molecule has 18 heavy (non-hydrogen) atoms. The van der Waals surface area contributed by atoms with Gasteiger partial charge in [-0.25, -0.2) is 9.37 Å². The van der Waals surface area contributed by atoms with Crippen molar-refractivity contribution < 1.29 is 8.81 Å². The Balaban J connectivity index is 2.16. The van der Waals surface area contributed by atoms with Gasteiger partial charge in [-0.3, -0.25) is 0 Å². The lowest BCUT2D eigenvalue weighted by atomic mass is 10.1. The Morgan fingerprint density at radius 2 is 2.22 bits per heavy atom. The van der Waals surface area contributed by atoms with E-state index in [2.05, 4.69) is 17.2 Å². The van der Waals surface area contributed by atoms with Gasteiger partial charge in [0.15, 0.2) is 0 Å². The van der Waals surface area contributed by atoms with Gasteiger partial charge >= 0.3 is 0 Å². The van der Waals surface area contributed by atoms with Crippen LogP contribution in [0.3, 0.4) is 0 Å². The molecule has 0 atom stereocenters. The van der Waals surface area contributed by atoms with Crippen molar-refractivity contribution in [2.24, 2.45) is 0 Å². The van der Waals surface area contributed by atoms with Gasteiger partial charge in [-0.2, -0.15) is 0 Å². The second-order valence-electron chi connectivity index (χ2n) is 4.30. The molecule has 1 aromatic heterocycles. The van der Waals surface area contributed by atoms with Gasteiger partial charge in [0.25, 0.3) is 0 Å². The Kier molecular flexibility index (Phi) is 4.10. The molecule has 0 amide bonds. The monoisotopic (exact) mass is 248 g/mol. The average Bonchev–Trinajstić information content (AvgIpc) is 2.81. The Morgan fingerprint density at radius 1 is 1.39 bits per heavy atom. The van der Waals surface area contributed by atoms with E-state index < -0.39 is 0 Å². The molecule has 3 nitrogen and oxygen atoms in total. The Morgan fingerprint density at radius 3 is 3.00 bits per heavy atom. The molecule has 0 aliphatic rings. The molecule has 2 aromatic rings. The summed E-state index contributed by atoms with van der Waals surface area (Å²) in [4.78, 5) is 4.29. The molecule has 1 N–H and O–H groups in total. The topological polar surface area (TPSA) is 38.1 Å². The molecule has 0 aliphatic heterocycles. The molecular formula is C14H17FN2O. The maximum atomic E-state index is 13.7. The number of hydrogen-bond donors (Lipinski definition) is 1. The molecule has 0 radical (unpaired) electrons.